The van der Waals surface area contributed by atoms with Crippen LogP contribution in [0, 0.1) is 0 Å². The molecule has 0 aliphatic heterocycles. The monoisotopic (exact) mass is 532 g/mol. The van der Waals surface area contributed by atoms with Gasteiger partial charge < -0.3 is 31.9 Å². The SMILES string of the molecule is NCC(=O)N[C@@H](Cc1ccccc1)C(=O)N[C@@H](Cc1ccccc1)C(=O)N[C@@H](Cc1ccc(O)cc1)C(=O)O. The van der Waals surface area contributed by atoms with Gasteiger partial charge in [-0.15, -0.1) is 0 Å². The molecule has 0 aromatic heterocycles. The van der Waals surface area contributed by atoms with Gasteiger partial charge in [-0.1, -0.05) is 72.8 Å². The van der Waals surface area contributed by atoms with Gasteiger partial charge in [0.1, 0.15) is 23.9 Å². The van der Waals surface area contributed by atoms with Gasteiger partial charge in [-0.05, 0) is 28.8 Å². The standard InChI is InChI=1S/C29H32N4O6/c30-18-26(35)31-23(15-19-7-3-1-4-8-19)27(36)32-24(16-20-9-5-2-6-10-20)28(37)33-25(29(38)39)17-21-11-13-22(34)14-12-21/h1-14,23-25,34H,15-18,30H2,(H,31,35)(H,32,36)(H,33,37)(H,38,39)/t23-,24-,25-/m0/s1. The van der Waals surface area contributed by atoms with E-state index >= 15 is 0 Å². The summed E-state index contributed by atoms with van der Waals surface area (Å²) in [5.74, 6) is -3.05. The van der Waals surface area contributed by atoms with Crippen molar-refractivity contribution in [2.45, 2.75) is 37.4 Å². The summed E-state index contributed by atoms with van der Waals surface area (Å²) in [5, 5.41) is 27.1. The van der Waals surface area contributed by atoms with Crippen LogP contribution in [0.4, 0.5) is 0 Å². The van der Waals surface area contributed by atoms with Crippen LogP contribution in [0.1, 0.15) is 16.7 Å². The molecule has 0 fully saturated rings. The van der Waals surface area contributed by atoms with Crippen molar-refractivity contribution in [2.75, 3.05) is 6.54 Å². The van der Waals surface area contributed by atoms with E-state index in [-0.39, 0.29) is 31.6 Å². The summed E-state index contributed by atoms with van der Waals surface area (Å²) in [6, 6.07) is 20.6. The molecule has 0 saturated heterocycles. The minimum atomic E-state index is -1.28. The van der Waals surface area contributed by atoms with E-state index in [9.17, 15) is 29.4 Å². The molecule has 0 spiro atoms. The largest absolute Gasteiger partial charge is 0.508 e. The third-order valence-electron chi connectivity index (χ3n) is 6.03. The van der Waals surface area contributed by atoms with E-state index in [0.717, 1.165) is 11.1 Å². The molecule has 0 aliphatic rings. The Hall–Kier alpha value is -4.70. The second-order valence-corrected chi connectivity index (χ2v) is 9.03. The number of amides is 3. The van der Waals surface area contributed by atoms with Crippen molar-refractivity contribution in [1.29, 1.82) is 0 Å². The van der Waals surface area contributed by atoms with Gasteiger partial charge in [0.05, 0.1) is 6.54 Å². The highest BCUT2D eigenvalue weighted by molar-refractivity contribution is 5.94. The van der Waals surface area contributed by atoms with Gasteiger partial charge in [0.2, 0.25) is 17.7 Å². The zero-order valence-electron chi connectivity index (χ0n) is 21.2. The van der Waals surface area contributed by atoms with Gasteiger partial charge in [0, 0.05) is 19.3 Å². The van der Waals surface area contributed by atoms with E-state index in [1.807, 2.05) is 24.3 Å². The van der Waals surface area contributed by atoms with Crippen molar-refractivity contribution < 1.29 is 29.4 Å². The van der Waals surface area contributed by atoms with Gasteiger partial charge in [0.25, 0.3) is 0 Å². The average molecular weight is 533 g/mol. The number of hydrogen-bond acceptors (Lipinski definition) is 6. The van der Waals surface area contributed by atoms with E-state index in [4.69, 9.17) is 5.73 Å². The second-order valence-electron chi connectivity index (χ2n) is 9.03. The quantitative estimate of drug-likeness (QED) is 0.190. The maximum atomic E-state index is 13.4. The minimum Gasteiger partial charge on any atom is -0.508 e. The van der Waals surface area contributed by atoms with Crippen LogP contribution < -0.4 is 21.7 Å². The van der Waals surface area contributed by atoms with Crippen LogP contribution in [0.15, 0.2) is 84.9 Å². The number of carbonyl (C=O) groups excluding carboxylic acids is 3. The van der Waals surface area contributed by atoms with Gasteiger partial charge in [-0.2, -0.15) is 0 Å². The van der Waals surface area contributed by atoms with E-state index in [1.165, 1.54) is 12.1 Å². The van der Waals surface area contributed by atoms with E-state index in [2.05, 4.69) is 16.0 Å². The molecule has 3 aromatic carbocycles. The fourth-order valence-corrected chi connectivity index (χ4v) is 3.98. The van der Waals surface area contributed by atoms with Gasteiger partial charge in [0.15, 0.2) is 0 Å². The number of nitrogens with two attached hydrogens (primary N) is 1. The minimum absolute atomic E-state index is 0.0312. The van der Waals surface area contributed by atoms with E-state index < -0.39 is 41.8 Å². The fourth-order valence-electron chi connectivity index (χ4n) is 3.98. The molecule has 0 bridgehead atoms. The normalized spacial score (nSPS) is 12.9. The summed E-state index contributed by atoms with van der Waals surface area (Å²) in [5.41, 5.74) is 7.57. The summed E-state index contributed by atoms with van der Waals surface area (Å²) >= 11 is 0. The van der Waals surface area contributed by atoms with Crippen molar-refractivity contribution >= 4 is 23.7 Å². The number of carboxylic acid groups (broad SMARTS) is 1. The van der Waals surface area contributed by atoms with Gasteiger partial charge in [-0.3, -0.25) is 14.4 Å². The van der Waals surface area contributed by atoms with Crippen LogP contribution in [0.5, 0.6) is 5.75 Å². The average Bonchev–Trinajstić information content (AvgIpc) is 2.94. The first kappa shape index (κ1) is 28.9. The van der Waals surface area contributed by atoms with Crippen molar-refractivity contribution in [1.82, 2.24) is 16.0 Å². The van der Waals surface area contributed by atoms with E-state index in [0.29, 0.717) is 5.56 Å². The molecule has 204 valence electrons. The number of carbonyl (C=O) groups is 4. The lowest BCUT2D eigenvalue weighted by Crippen LogP contribution is -2.57. The predicted molar refractivity (Wildman–Crippen MR) is 145 cm³/mol. The first-order valence-electron chi connectivity index (χ1n) is 12.4. The Bertz CT molecular complexity index is 1250. The summed E-state index contributed by atoms with van der Waals surface area (Å²) < 4.78 is 0. The van der Waals surface area contributed by atoms with E-state index in [1.54, 1.807) is 48.5 Å². The molecule has 3 atom stereocenters. The van der Waals surface area contributed by atoms with Crippen LogP contribution in [0.2, 0.25) is 0 Å². The number of nitrogens with one attached hydrogen (secondary N) is 3. The topological polar surface area (TPSA) is 171 Å². The van der Waals surface area contributed by atoms with Crippen LogP contribution in [-0.2, 0) is 38.4 Å². The third kappa shape index (κ3) is 9.28. The van der Waals surface area contributed by atoms with Crippen LogP contribution in [-0.4, -0.2) is 58.6 Å². The number of hydrogen-bond donors (Lipinski definition) is 6. The van der Waals surface area contributed by atoms with Crippen LogP contribution in [0.3, 0.4) is 0 Å². The summed E-state index contributed by atoms with van der Waals surface area (Å²) in [7, 11) is 0. The zero-order chi connectivity index (χ0) is 28.2. The summed E-state index contributed by atoms with van der Waals surface area (Å²) in [6.45, 7) is -0.315. The Kier molecular flexibility index (Phi) is 10.6. The van der Waals surface area contributed by atoms with Gasteiger partial charge >= 0.3 is 5.97 Å². The lowest BCUT2D eigenvalue weighted by molar-refractivity contribution is -0.142. The highest BCUT2D eigenvalue weighted by Crippen LogP contribution is 2.12. The Morgan fingerprint density at radius 2 is 1.03 bits per heavy atom. The van der Waals surface area contributed by atoms with Crippen molar-refractivity contribution in [2.24, 2.45) is 5.73 Å². The fraction of sp³-hybridized carbons (Fsp3) is 0.241. The zero-order valence-corrected chi connectivity index (χ0v) is 21.2. The lowest BCUT2D eigenvalue weighted by Gasteiger charge is -2.25. The molecule has 3 amide bonds. The molecule has 0 radical (unpaired) electrons. The number of phenols is 1. The number of phenolic OH excluding ortho intramolecular Hbond substituents is 1. The molecular formula is C29H32N4O6. The Balaban J connectivity index is 1.81. The number of carboxylic acids is 1. The highest BCUT2D eigenvalue weighted by Gasteiger charge is 2.30. The first-order chi connectivity index (χ1) is 18.7. The van der Waals surface area contributed by atoms with Crippen molar-refractivity contribution in [3.63, 3.8) is 0 Å². The second kappa shape index (κ2) is 14.3. The smallest absolute Gasteiger partial charge is 0.326 e. The molecule has 39 heavy (non-hydrogen) atoms. The van der Waals surface area contributed by atoms with Crippen LogP contribution >= 0.6 is 0 Å². The summed E-state index contributed by atoms with van der Waals surface area (Å²) in [4.78, 5) is 50.8. The molecule has 10 nitrogen and oxygen atoms in total. The van der Waals surface area contributed by atoms with Crippen LogP contribution in [0.25, 0.3) is 0 Å². The molecule has 10 heteroatoms. The number of aliphatic carboxylic acids is 1. The number of benzene rings is 3. The molecule has 0 aliphatic carbocycles. The number of rotatable bonds is 13. The van der Waals surface area contributed by atoms with Gasteiger partial charge in [-0.25, -0.2) is 4.79 Å². The summed E-state index contributed by atoms with van der Waals surface area (Å²) in [6.07, 6.45) is 0.222. The Labute approximate surface area is 226 Å². The van der Waals surface area contributed by atoms with Crippen molar-refractivity contribution in [3.8, 4) is 5.75 Å². The highest BCUT2D eigenvalue weighted by atomic mass is 16.4. The molecule has 0 heterocycles. The molecule has 3 aromatic rings. The molecule has 3 rings (SSSR count). The first-order valence-corrected chi connectivity index (χ1v) is 12.4. The maximum Gasteiger partial charge on any atom is 0.326 e. The molecule has 0 saturated carbocycles. The molecule has 7 N–H and O–H groups in total. The molecule has 0 unspecified atom stereocenters. The third-order valence-corrected chi connectivity index (χ3v) is 6.03. The van der Waals surface area contributed by atoms with Crippen molar-refractivity contribution in [3.05, 3.63) is 102 Å². The Morgan fingerprint density at radius 1 is 0.615 bits per heavy atom. The maximum absolute atomic E-state index is 13.4. The lowest BCUT2D eigenvalue weighted by atomic mass is 10.0. The predicted octanol–water partition coefficient (Wildman–Crippen LogP) is 0.918. The number of aromatic hydroxyl groups is 1. The Morgan fingerprint density at radius 3 is 1.49 bits per heavy atom. The molecular weight excluding hydrogens is 500 g/mol.